The summed E-state index contributed by atoms with van der Waals surface area (Å²) in [5.41, 5.74) is 2.14. The molecule has 0 aliphatic rings. The number of nitriles is 1. The molecule has 3 N–H and O–H groups in total. The highest BCUT2D eigenvalue weighted by Crippen LogP contribution is 2.35. The Morgan fingerprint density at radius 1 is 1.24 bits per heavy atom. The van der Waals surface area contributed by atoms with Crippen molar-refractivity contribution >= 4 is 17.2 Å². The number of hydrogen-bond donors (Lipinski definition) is 3. The van der Waals surface area contributed by atoms with E-state index in [9.17, 15) is 18.0 Å². The summed E-state index contributed by atoms with van der Waals surface area (Å²) in [4.78, 5) is 16.9. The quantitative estimate of drug-likeness (QED) is 0.396. The second-order valence-corrected chi connectivity index (χ2v) is 8.70. The van der Waals surface area contributed by atoms with E-state index >= 15 is 0 Å². The number of thiazole rings is 1. The predicted octanol–water partition coefficient (Wildman–Crippen LogP) is 4.45. The number of alkyl halides is 3. The number of hydrogen-bond acceptors (Lipinski definition) is 6. The molecular weight excluding hydrogens is 453 g/mol. The molecule has 2 atom stereocenters. The van der Waals surface area contributed by atoms with E-state index in [4.69, 9.17) is 5.26 Å². The van der Waals surface area contributed by atoms with Crippen molar-refractivity contribution in [3.63, 3.8) is 0 Å². The molecule has 0 fully saturated rings. The van der Waals surface area contributed by atoms with Gasteiger partial charge in [-0.25, -0.2) is 4.98 Å². The summed E-state index contributed by atoms with van der Waals surface area (Å²) in [5.74, 6) is -0.661. The van der Waals surface area contributed by atoms with Crippen LogP contribution in [-0.2, 0) is 4.79 Å². The number of aromatic amines is 1. The monoisotopic (exact) mass is 476 g/mol. The van der Waals surface area contributed by atoms with Gasteiger partial charge in [-0.1, -0.05) is 38.1 Å². The molecule has 11 heteroatoms. The number of benzene rings is 1. The van der Waals surface area contributed by atoms with E-state index in [-0.39, 0.29) is 24.4 Å². The maximum absolute atomic E-state index is 13.9. The van der Waals surface area contributed by atoms with E-state index in [0.29, 0.717) is 11.3 Å². The fourth-order valence-electron chi connectivity index (χ4n) is 3.31. The molecule has 0 aliphatic heterocycles. The van der Waals surface area contributed by atoms with Crippen LogP contribution in [0.4, 0.5) is 13.2 Å². The Labute approximate surface area is 193 Å². The van der Waals surface area contributed by atoms with Gasteiger partial charge in [-0.05, 0) is 17.9 Å². The zero-order chi connectivity index (χ0) is 24.0. The lowest BCUT2D eigenvalue weighted by molar-refractivity contribution is -0.161. The van der Waals surface area contributed by atoms with E-state index in [2.05, 4.69) is 25.8 Å². The van der Waals surface area contributed by atoms with E-state index < -0.39 is 24.2 Å². The average molecular weight is 477 g/mol. The smallest absolute Gasteiger partial charge is 0.342 e. The van der Waals surface area contributed by atoms with Crippen LogP contribution in [0.1, 0.15) is 31.9 Å². The number of aromatic nitrogens is 3. The Morgan fingerprint density at radius 3 is 2.55 bits per heavy atom. The summed E-state index contributed by atoms with van der Waals surface area (Å²) in [6, 6.07) is 4.56. The Bertz CT molecular complexity index is 1090. The van der Waals surface area contributed by atoms with Crippen molar-refractivity contribution in [2.24, 2.45) is 5.92 Å². The summed E-state index contributed by atoms with van der Waals surface area (Å²) in [6.45, 7) is 3.36. The molecule has 2 heterocycles. The van der Waals surface area contributed by atoms with Gasteiger partial charge < -0.3 is 5.32 Å². The van der Waals surface area contributed by atoms with Gasteiger partial charge in [-0.3, -0.25) is 15.2 Å². The number of nitrogens with one attached hydrogen (secondary N) is 3. The molecule has 3 aromatic rings. The number of nitrogens with zero attached hydrogens (tertiary/aromatic N) is 3. The van der Waals surface area contributed by atoms with Crippen LogP contribution in [0.3, 0.4) is 0 Å². The molecule has 1 amide bonds. The highest BCUT2D eigenvalue weighted by Gasteiger charge is 2.42. The van der Waals surface area contributed by atoms with Crippen LogP contribution in [-0.4, -0.2) is 39.9 Å². The van der Waals surface area contributed by atoms with Crippen LogP contribution in [0.5, 0.6) is 0 Å². The molecule has 0 unspecified atom stereocenters. The molecule has 0 bridgehead atoms. The summed E-state index contributed by atoms with van der Waals surface area (Å²) in [6.07, 6.45) is -1.07. The summed E-state index contributed by atoms with van der Waals surface area (Å²) in [5, 5.41) is 22.7. The van der Waals surface area contributed by atoms with E-state index in [1.165, 1.54) is 23.5 Å². The normalized spacial score (nSPS) is 13.5. The molecular formula is C22H23F3N6OS. The molecule has 7 nitrogen and oxygen atoms in total. The van der Waals surface area contributed by atoms with Crippen molar-refractivity contribution in [1.82, 2.24) is 25.8 Å². The van der Waals surface area contributed by atoms with Crippen LogP contribution in [0.15, 0.2) is 42.0 Å². The number of carbonyl (C=O) groups excluding carboxylic acids is 1. The van der Waals surface area contributed by atoms with E-state index in [1.54, 1.807) is 30.6 Å². The van der Waals surface area contributed by atoms with Crippen molar-refractivity contribution in [3.8, 4) is 27.9 Å². The van der Waals surface area contributed by atoms with Gasteiger partial charge in [0.25, 0.3) is 0 Å². The molecule has 1 aromatic carbocycles. The molecule has 2 aromatic heterocycles. The lowest BCUT2D eigenvalue weighted by atomic mass is 9.98. The topological polar surface area (TPSA) is 106 Å². The molecule has 174 valence electrons. The van der Waals surface area contributed by atoms with Crippen LogP contribution in [0.2, 0.25) is 0 Å². The van der Waals surface area contributed by atoms with Crippen LogP contribution < -0.4 is 10.6 Å². The van der Waals surface area contributed by atoms with Gasteiger partial charge >= 0.3 is 6.18 Å². The minimum atomic E-state index is -4.62. The second-order valence-electron chi connectivity index (χ2n) is 7.85. The standard InChI is InChI=1S/C22H23F3N6OS/c1-13(2)9-17(20(32)27-8-7-26)30-19(22(23,24)25)15-5-3-14(4-6-15)18-12-33-21(31-18)16-10-28-29-11-16/h3-6,10-13,17,19,30H,8-9H2,1-2H3,(H,27,32)(H,28,29)/t17-,19-/m0/s1. The summed E-state index contributed by atoms with van der Waals surface area (Å²) < 4.78 is 41.8. The minimum Gasteiger partial charge on any atom is -0.342 e. The van der Waals surface area contributed by atoms with Crippen molar-refractivity contribution < 1.29 is 18.0 Å². The second kappa shape index (κ2) is 10.6. The predicted molar refractivity (Wildman–Crippen MR) is 119 cm³/mol. The first-order chi connectivity index (χ1) is 15.7. The van der Waals surface area contributed by atoms with Gasteiger partial charge in [-0.2, -0.15) is 23.5 Å². The molecule has 0 saturated carbocycles. The average Bonchev–Trinajstić information content (AvgIpc) is 3.46. The molecule has 3 rings (SSSR count). The van der Waals surface area contributed by atoms with Gasteiger partial charge in [0.2, 0.25) is 5.91 Å². The summed E-state index contributed by atoms with van der Waals surface area (Å²) in [7, 11) is 0. The maximum atomic E-state index is 13.9. The SMILES string of the molecule is CC(C)C[C@H](N[C@@H](c1ccc(-c2csc(-c3cn[nH]c3)n2)cc1)C(F)(F)F)C(=O)NCC#N. The fourth-order valence-corrected chi connectivity index (χ4v) is 4.12. The number of rotatable bonds is 9. The first-order valence-corrected chi connectivity index (χ1v) is 11.1. The van der Waals surface area contributed by atoms with Crippen LogP contribution >= 0.6 is 11.3 Å². The molecule has 0 saturated heterocycles. The van der Waals surface area contributed by atoms with Crippen molar-refractivity contribution in [2.75, 3.05) is 6.54 Å². The first kappa shape index (κ1) is 24.4. The van der Waals surface area contributed by atoms with Crippen molar-refractivity contribution in [2.45, 2.75) is 38.5 Å². The van der Waals surface area contributed by atoms with Gasteiger partial charge in [-0.15, -0.1) is 11.3 Å². The number of H-pyrrole nitrogens is 1. The lowest BCUT2D eigenvalue weighted by Gasteiger charge is -2.28. The Morgan fingerprint density at radius 2 is 1.97 bits per heavy atom. The van der Waals surface area contributed by atoms with E-state index in [0.717, 1.165) is 10.6 Å². The number of amides is 1. The third-order valence-corrected chi connectivity index (χ3v) is 5.74. The maximum Gasteiger partial charge on any atom is 0.407 e. The largest absolute Gasteiger partial charge is 0.407 e. The van der Waals surface area contributed by atoms with E-state index in [1.807, 2.05) is 19.2 Å². The summed E-state index contributed by atoms with van der Waals surface area (Å²) >= 11 is 1.41. The molecule has 33 heavy (non-hydrogen) atoms. The molecule has 0 aliphatic carbocycles. The van der Waals surface area contributed by atoms with Crippen molar-refractivity contribution in [3.05, 3.63) is 47.6 Å². The molecule has 0 spiro atoms. The zero-order valence-corrected chi connectivity index (χ0v) is 18.8. The number of halogens is 3. The molecule has 0 radical (unpaired) electrons. The zero-order valence-electron chi connectivity index (χ0n) is 18.0. The van der Waals surface area contributed by atoms with Crippen LogP contribution in [0, 0.1) is 17.2 Å². The first-order valence-electron chi connectivity index (χ1n) is 10.2. The third-order valence-electron chi connectivity index (χ3n) is 4.85. The number of carbonyl (C=O) groups is 1. The minimum absolute atomic E-state index is 0.0154. The fraction of sp³-hybridized carbons (Fsp3) is 0.364. The highest BCUT2D eigenvalue weighted by molar-refractivity contribution is 7.13. The van der Waals surface area contributed by atoms with Gasteiger partial charge in [0.1, 0.15) is 17.6 Å². The van der Waals surface area contributed by atoms with Gasteiger partial charge in [0.15, 0.2) is 0 Å². The van der Waals surface area contributed by atoms with Gasteiger partial charge in [0, 0.05) is 22.7 Å². The highest BCUT2D eigenvalue weighted by atomic mass is 32.1. The lowest BCUT2D eigenvalue weighted by Crippen LogP contribution is -2.49. The Hall–Kier alpha value is -3.23. The van der Waals surface area contributed by atoms with Crippen molar-refractivity contribution in [1.29, 1.82) is 5.26 Å². The Balaban J connectivity index is 1.82. The third kappa shape index (κ3) is 6.40. The Kier molecular flexibility index (Phi) is 7.84. The van der Waals surface area contributed by atoms with Crippen LogP contribution in [0.25, 0.3) is 21.8 Å². The van der Waals surface area contributed by atoms with Gasteiger partial charge in [0.05, 0.1) is 24.0 Å².